The van der Waals surface area contributed by atoms with Gasteiger partial charge in [-0.25, -0.2) is 0 Å². The summed E-state index contributed by atoms with van der Waals surface area (Å²) < 4.78 is 0. The van der Waals surface area contributed by atoms with Crippen LogP contribution in [0.25, 0.3) is 0 Å². The molecule has 0 aliphatic heterocycles. The summed E-state index contributed by atoms with van der Waals surface area (Å²) in [7, 11) is 0. The molecule has 0 aromatic heterocycles. The quantitative estimate of drug-likeness (QED) is 0.204. The molecule has 18 heavy (non-hydrogen) atoms. The highest BCUT2D eigenvalue weighted by Crippen LogP contribution is 1.89. The van der Waals surface area contributed by atoms with Crippen molar-refractivity contribution < 1.29 is 14.1 Å². The van der Waals surface area contributed by atoms with Gasteiger partial charge in [0.2, 0.25) is 0 Å². The molecule has 0 aliphatic rings. The van der Waals surface area contributed by atoms with Crippen molar-refractivity contribution in [3.8, 4) is 0 Å². The number of thiol groups is 3. The van der Waals surface area contributed by atoms with Crippen molar-refractivity contribution in [2.45, 2.75) is 35.8 Å². The molecule has 0 rings (SSSR count). The molecule has 0 aromatic carbocycles. The molecule has 12 heteroatoms. The van der Waals surface area contributed by atoms with Gasteiger partial charge in [-0.05, 0) is 20.8 Å². The second-order valence-corrected chi connectivity index (χ2v) is 6.57. The van der Waals surface area contributed by atoms with Gasteiger partial charge in [-0.15, -0.1) is 37.9 Å². The van der Waals surface area contributed by atoms with E-state index >= 15 is 0 Å². The van der Waals surface area contributed by atoms with Crippen LogP contribution in [0.4, 0.5) is 14.1 Å². The lowest BCUT2D eigenvalue weighted by Crippen LogP contribution is -2.39. The Morgan fingerprint density at radius 2 is 0.500 bits per heavy atom. The Labute approximate surface area is 122 Å². The molecule has 6 nitrogen and oxygen atoms in total. The van der Waals surface area contributed by atoms with E-state index in [4.69, 9.17) is 34.4 Å². The number of nitrogens with two attached hydrogens (primary N) is 6. The van der Waals surface area contributed by atoms with Gasteiger partial charge in [0.25, 0.3) is 0 Å². The summed E-state index contributed by atoms with van der Waals surface area (Å²) in [6.45, 7) is 4.82. The van der Waals surface area contributed by atoms with Crippen molar-refractivity contribution >= 4 is 37.9 Å². The van der Waals surface area contributed by atoms with E-state index in [1.165, 1.54) is 0 Å². The lowest BCUT2D eigenvalue weighted by atomic mass is 10.6. The third kappa shape index (κ3) is 11200. The molecule has 12 N–H and O–H groups in total. The van der Waals surface area contributed by atoms with E-state index < -0.39 is 15.0 Å². The van der Waals surface area contributed by atoms with Crippen LogP contribution in [0.2, 0.25) is 0 Å². The van der Waals surface area contributed by atoms with Crippen LogP contribution in [0.15, 0.2) is 0 Å². The zero-order chi connectivity index (χ0) is 13.5. The predicted molar refractivity (Wildman–Crippen MR) is 84.8 cm³/mol. The Hall–Kier alpha value is 0.600. The Morgan fingerprint density at radius 3 is 0.500 bits per heavy atom. The third-order valence-electron chi connectivity index (χ3n) is 0. The second-order valence-electron chi connectivity index (χ2n) is 3.68. The fourth-order valence-corrected chi connectivity index (χ4v) is 0. The van der Waals surface area contributed by atoms with Gasteiger partial charge >= 0.3 is 0 Å². The standard InChI is InChI=1S/3C2H8N2S.3FH/c3*1-2(3,4)5;;;/h3*5H,3-4H2,1H3;3*1H. The first-order valence-corrected chi connectivity index (χ1v) is 5.24. The van der Waals surface area contributed by atoms with Crippen molar-refractivity contribution in [1.29, 1.82) is 0 Å². The molecular weight excluding hydrogens is 309 g/mol. The number of rotatable bonds is 0. The number of hydrogen-bond donors (Lipinski definition) is 9. The van der Waals surface area contributed by atoms with E-state index in [0.29, 0.717) is 0 Å². The Kier molecular flexibility index (Phi) is 28.3. The molecule has 0 radical (unpaired) electrons. The Bertz CT molecular complexity index is 110. The van der Waals surface area contributed by atoms with E-state index in [9.17, 15) is 0 Å². The van der Waals surface area contributed by atoms with Crippen LogP contribution in [0.5, 0.6) is 0 Å². The summed E-state index contributed by atoms with van der Waals surface area (Å²) in [5.41, 5.74) is 30.0. The van der Waals surface area contributed by atoms with E-state index in [2.05, 4.69) is 37.9 Å². The zero-order valence-electron chi connectivity index (χ0n) is 10.5. The molecule has 0 amide bonds. The molecule has 0 unspecified atom stereocenters. The maximum atomic E-state index is 5.00. The van der Waals surface area contributed by atoms with Gasteiger partial charge in [0, 0.05) is 0 Å². The van der Waals surface area contributed by atoms with Crippen LogP contribution in [0, 0.1) is 0 Å². The largest absolute Gasteiger partial charge is 0.305 e. The Morgan fingerprint density at radius 1 is 0.500 bits per heavy atom. The van der Waals surface area contributed by atoms with Crippen LogP contribution in [0.1, 0.15) is 20.8 Å². The van der Waals surface area contributed by atoms with Gasteiger partial charge in [-0.2, -0.15) is 0 Å². The van der Waals surface area contributed by atoms with Gasteiger partial charge in [-0.3, -0.25) is 14.1 Å². The summed E-state index contributed by atoms with van der Waals surface area (Å²) >= 11 is 11.0. The van der Waals surface area contributed by atoms with E-state index in [-0.39, 0.29) is 14.1 Å². The summed E-state index contributed by atoms with van der Waals surface area (Å²) in [6, 6.07) is 0. The van der Waals surface area contributed by atoms with Gasteiger partial charge in [0.15, 0.2) is 0 Å². The summed E-state index contributed by atoms with van der Waals surface area (Å²) in [5.74, 6) is 0. The van der Waals surface area contributed by atoms with Gasteiger partial charge in [0.05, 0.1) is 0 Å². The first kappa shape index (κ1) is 36.3. The molecule has 0 aliphatic carbocycles. The normalized spacial score (nSPS) is 10.0. The van der Waals surface area contributed by atoms with Gasteiger partial charge < -0.3 is 34.4 Å². The summed E-state index contributed by atoms with van der Waals surface area (Å²) in [4.78, 5) is -2.42. The van der Waals surface area contributed by atoms with Crippen molar-refractivity contribution in [2.24, 2.45) is 34.4 Å². The second kappa shape index (κ2) is 14.0. The molecule has 0 saturated heterocycles. The highest BCUT2D eigenvalue weighted by atomic mass is 32.1. The molecule has 0 bridgehead atoms. The first-order chi connectivity index (χ1) is 6.00. The predicted octanol–water partition coefficient (Wildman–Crippen LogP) is -1.02. The monoisotopic (exact) mass is 336 g/mol. The highest BCUT2D eigenvalue weighted by molar-refractivity contribution is 7.82. The van der Waals surface area contributed by atoms with Gasteiger partial charge in [-0.1, -0.05) is 0 Å². The lowest BCUT2D eigenvalue weighted by Gasteiger charge is -2.05. The van der Waals surface area contributed by atoms with Crippen molar-refractivity contribution in [1.82, 2.24) is 0 Å². The van der Waals surface area contributed by atoms with E-state index in [1.54, 1.807) is 20.8 Å². The molecular formula is C6H27F3N6S3. The minimum atomic E-state index is -0.806. The lowest BCUT2D eigenvalue weighted by molar-refractivity contribution is 0.724. The molecule has 0 fully saturated rings. The minimum Gasteiger partial charge on any atom is -0.305 e. The maximum Gasteiger partial charge on any atom is 0.106 e. The van der Waals surface area contributed by atoms with Crippen LogP contribution in [-0.2, 0) is 0 Å². The van der Waals surface area contributed by atoms with Crippen molar-refractivity contribution in [2.75, 3.05) is 0 Å². The van der Waals surface area contributed by atoms with Crippen LogP contribution >= 0.6 is 37.9 Å². The number of halogens is 3. The summed E-state index contributed by atoms with van der Waals surface area (Å²) in [5, 5.41) is 0. The molecule has 0 spiro atoms. The molecule has 0 saturated carbocycles. The molecule has 0 heterocycles. The highest BCUT2D eigenvalue weighted by Gasteiger charge is 1.97. The Balaban J connectivity index is -0.0000000277. The zero-order valence-corrected chi connectivity index (χ0v) is 13.2. The minimum absolute atomic E-state index is 0. The third-order valence-corrected chi connectivity index (χ3v) is 0. The smallest absolute Gasteiger partial charge is 0.106 e. The average Bonchev–Trinajstić information content (AvgIpc) is 1.41. The van der Waals surface area contributed by atoms with Crippen molar-refractivity contribution in [3.63, 3.8) is 0 Å². The SMILES string of the molecule is CC(N)(N)S.CC(N)(N)S.CC(N)(N)S.F.F.F. The van der Waals surface area contributed by atoms with Crippen molar-refractivity contribution in [3.05, 3.63) is 0 Å². The number of hydrogen-bond acceptors (Lipinski definition) is 9. The van der Waals surface area contributed by atoms with Crippen LogP contribution < -0.4 is 34.4 Å². The van der Waals surface area contributed by atoms with E-state index in [1.807, 2.05) is 0 Å². The fraction of sp³-hybridized carbons (Fsp3) is 1.00. The van der Waals surface area contributed by atoms with Crippen LogP contribution in [0.3, 0.4) is 0 Å². The average molecular weight is 337 g/mol. The van der Waals surface area contributed by atoms with Crippen LogP contribution in [-0.4, -0.2) is 15.0 Å². The van der Waals surface area contributed by atoms with Gasteiger partial charge in [0.1, 0.15) is 15.0 Å². The first-order valence-electron chi connectivity index (χ1n) is 3.90. The molecule has 120 valence electrons. The van der Waals surface area contributed by atoms with E-state index in [0.717, 1.165) is 0 Å². The topological polar surface area (TPSA) is 156 Å². The molecule has 0 aromatic rings. The molecule has 0 atom stereocenters. The maximum absolute atomic E-state index is 5.00. The summed E-state index contributed by atoms with van der Waals surface area (Å²) in [6.07, 6.45) is 0. The fourth-order valence-electron chi connectivity index (χ4n) is 0.